The van der Waals surface area contributed by atoms with E-state index in [0.717, 1.165) is 11.0 Å². The quantitative estimate of drug-likeness (QED) is 0.839. The number of fused-ring (bicyclic) bond motifs is 1. The highest BCUT2D eigenvalue weighted by Crippen LogP contribution is 2.46. The van der Waals surface area contributed by atoms with Crippen LogP contribution in [0.4, 0.5) is 23.7 Å². The van der Waals surface area contributed by atoms with Crippen molar-refractivity contribution in [2.45, 2.75) is 18.3 Å². The number of hydrogen-bond acceptors (Lipinski definition) is 3. The first-order chi connectivity index (χ1) is 12.7. The summed E-state index contributed by atoms with van der Waals surface area (Å²) in [5.74, 6) is 0.606. The number of hydrogen-bond donors (Lipinski definition) is 1. The predicted octanol–water partition coefficient (Wildman–Crippen LogP) is 4.36. The summed E-state index contributed by atoms with van der Waals surface area (Å²) in [6.45, 7) is 0.00380. The highest BCUT2D eigenvalue weighted by atomic mass is 35.5. The fourth-order valence-electron chi connectivity index (χ4n) is 2.89. The molecule has 0 aliphatic carbocycles. The number of ether oxygens (including phenoxy) is 1. The van der Waals surface area contributed by atoms with E-state index in [-0.39, 0.29) is 17.3 Å². The average Bonchev–Trinajstić information content (AvgIpc) is 2.63. The first kappa shape index (κ1) is 18.9. The van der Waals surface area contributed by atoms with Crippen molar-refractivity contribution in [2.75, 3.05) is 12.0 Å². The Kier molecular flexibility index (Phi) is 4.66. The fourth-order valence-corrected chi connectivity index (χ4v) is 3.07. The van der Waals surface area contributed by atoms with Crippen LogP contribution in [-0.4, -0.2) is 19.3 Å². The number of nitrogens with one attached hydrogen (secondary N) is 1. The first-order valence-electron chi connectivity index (χ1n) is 7.72. The van der Waals surface area contributed by atoms with E-state index >= 15 is 0 Å². The number of nitriles is 1. The maximum Gasteiger partial charge on any atom is 0.429 e. The molecule has 0 saturated heterocycles. The molecule has 2 amide bonds. The van der Waals surface area contributed by atoms with Gasteiger partial charge in [-0.05, 0) is 35.9 Å². The van der Waals surface area contributed by atoms with E-state index in [9.17, 15) is 23.2 Å². The molecule has 9 heteroatoms. The second kappa shape index (κ2) is 6.67. The fraction of sp³-hybridized carbons (Fsp3) is 0.222. The Bertz CT molecular complexity index is 925. The molecule has 1 atom stereocenters. The van der Waals surface area contributed by atoms with Gasteiger partial charge in [-0.2, -0.15) is 18.4 Å². The third-order valence-electron chi connectivity index (χ3n) is 4.29. The van der Waals surface area contributed by atoms with Gasteiger partial charge in [-0.3, -0.25) is 4.90 Å². The number of urea groups is 1. The van der Waals surface area contributed by atoms with Gasteiger partial charge in [0.15, 0.2) is 0 Å². The van der Waals surface area contributed by atoms with E-state index in [2.05, 4.69) is 0 Å². The number of rotatable bonds is 3. The van der Waals surface area contributed by atoms with Crippen LogP contribution in [0.3, 0.4) is 0 Å². The van der Waals surface area contributed by atoms with Crippen LogP contribution in [0.2, 0.25) is 5.02 Å². The van der Waals surface area contributed by atoms with Crippen LogP contribution < -0.4 is 15.0 Å². The maximum atomic E-state index is 13.7. The molecule has 0 fully saturated rings. The SMILES string of the molecule is COc1ccc(CN2C(=O)N[C@](C#N)(C(F)(F)F)c3cc(Cl)ccc32)cc1. The summed E-state index contributed by atoms with van der Waals surface area (Å²) in [7, 11) is 1.51. The maximum absolute atomic E-state index is 13.7. The largest absolute Gasteiger partial charge is 0.497 e. The highest BCUT2D eigenvalue weighted by molar-refractivity contribution is 6.30. The van der Waals surface area contributed by atoms with Gasteiger partial charge in [0.2, 0.25) is 0 Å². The Balaban J connectivity index is 2.09. The van der Waals surface area contributed by atoms with Crippen molar-refractivity contribution < 1.29 is 22.7 Å². The number of benzene rings is 2. The lowest BCUT2D eigenvalue weighted by molar-refractivity contribution is -0.179. The van der Waals surface area contributed by atoms with Crippen LogP contribution in [0, 0.1) is 11.3 Å². The molecular weight excluding hydrogens is 383 g/mol. The number of methoxy groups -OCH3 is 1. The molecule has 2 aromatic rings. The molecule has 1 aliphatic rings. The molecule has 0 unspecified atom stereocenters. The van der Waals surface area contributed by atoms with Crippen LogP contribution in [0.25, 0.3) is 0 Å². The minimum absolute atomic E-state index is 0.00380. The molecule has 1 aliphatic heterocycles. The van der Waals surface area contributed by atoms with E-state index in [1.54, 1.807) is 24.3 Å². The van der Waals surface area contributed by atoms with E-state index in [4.69, 9.17) is 16.3 Å². The number of carbonyl (C=O) groups excluding carboxylic acids is 1. The lowest BCUT2D eigenvalue weighted by Crippen LogP contribution is -2.62. The number of halogens is 4. The minimum atomic E-state index is -5.02. The monoisotopic (exact) mass is 395 g/mol. The van der Waals surface area contributed by atoms with E-state index in [1.165, 1.54) is 25.3 Å². The Hall–Kier alpha value is -2.92. The zero-order chi connectivity index (χ0) is 19.8. The molecule has 0 spiro atoms. The van der Waals surface area contributed by atoms with Crippen molar-refractivity contribution in [3.8, 4) is 11.8 Å². The third-order valence-corrected chi connectivity index (χ3v) is 4.52. The molecule has 27 heavy (non-hydrogen) atoms. The van der Waals surface area contributed by atoms with E-state index in [1.807, 2.05) is 5.32 Å². The topological polar surface area (TPSA) is 65.4 Å². The smallest absolute Gasteiger partial charge is 0.429 e. The summed E-state index contributed by atoms with van der Waals surface area (Å²) in [5.41, 5.74) is -2.94. The second-order valence-corrected chi connectivity index (χ2v) is 6.32. The van der Waals surface area contributed by atoms with Gasteiger partial charge in [0.1, 0.15) is 11.8 Å². The minimum Gasteiger partial charge on any atom is -0.497 e. The lowest BCUT2D eigenvalue weighted by atomic mass is 9.87. The predicted molar refractivity (Wildman–Crippen MR) is 92.5 cm³/mol. The Morgan fingerprint density at radius 3 is 2.48 bits per heavy atom. The molecule has 5 nitrogen and oxygen atoms in total. The molecule has 0 aromatic heterocycles. The molecule has 0 bridgehead atoms. The van der Waals surface area contributed by atoms with Crippen molar-refractivity contribution in [1.82, 2.24) is 5.32 Å². The summed E-state index contributed by atoms with van der Waals surface area (Å²) < 4.78 is 46.2. The van der Waals surface area contributed by atoms with Gasteiger partial charge in [0, 0.05) is 10.6 Å². The number of carbonyl (C=O) groups is 1. The average molecular weight is 396 g/mol. The van der Waals surface area contributed by atoms with Gasteiger partial charge < -0.3 is 10.1 Å². The summed E-state index contributed by atoms with van der Waals surface area (Å²) in [5, 5.41) is 11.1. The van der Waals surface area contributed by atoms with Gasteiger partial charge >= 0.3 is 12.2 Å². The van der Waals surface area contributed by atoms with Gasteiger partial charge in [0.05, 0.1) is 19.3 Å². The highest BCUT2D eigenvalue weighted by Gasteiger charge is 2.61. The van der Waals surface area contributed by atoms with Gasteiger partial charge in [-0.15, -0.1) is 0 Å². The van der Waals surface area contributed by atoms with Crippen LogP contribution in [0.5, 0.6) is 5.75 Å². The van der Waals surface area contributed by atoms with Crippen molar-refractivity contribution in [2.24, 2.45) is 0 Å². The number of nitrogens with zero attached hydrogens (tertiary/aromatic N) is 2. The normalized spacial score (nSPS) is 19.1. The van der Waals surface area contributed by atoms with Crippen LogP contribution in [-0.2, 0) is 12.1 Å². The van der Waals surface area contributed by atoms with E-state index in [0.29, 0.717) is 11.3 Å². The molecule has 1 heterocycles. The lowest BCUT2D eigenvalue weighted by Gasteiger charge is -2.40. The number of amides is 2. The van der Waals surface area contributed by atoms with Crippen molar-refractivity contribution in [3.63, 3.8) is 0 Å². The molecule has 1 N–H and O–H groups in total. The number of anilines is 1. The van der Waals surface area contributed by atoms with Crippen molar-refractivity contribution >= 4 is 23.3 Å². The van der Waals surface area contributed by atoms with Gasteiger partial charge in [-0.25, -0.2) is 4.79 Å². The molecule has 3 rings (SSSR count). The molecule has 140 valence electrons. The first-order valence-corrected chi connectivity index (χ1v) is 8.10. The summed E-state index contributed by atoms with van der Waals surface area (Å²) in [6.07, 6.45) is -5.02. The molecule has 0 radical (unpaired) electrons. The summed E-state index contributed by atoms with van der Waals surface area (Å²) in [4.78, 5) is 13.6. The van der Waals surface area contributed by atoms with E-state index < -0.39 is 23.3 Å². The Labute approximate surface area is 157 Å². The summed E-state index contributed by atoms with van der Waals surface area (Å²) >= 11 is 5.87. The third kappa shape index (κ3) is 3.15. The van der Waals surface area contributed by atoms with Crippen LogP contribution in [0.1, 0.15) is 11.1 Å². The Morgan fingerprint density at radius 2 is 1.93 bits per heavy atom. The zero-order valence-electron chi connectivity index (χ0n) is 14.0. The molecule has 0 saturated carbocycles. The summed E-state index contributed by atoms with van der Waals surface area (Å²) in [6, 6.07) is 10.6. The van der Waals surface area contributed by atoms with Crippen LogP contribution >= 0.6 is 11.6 Å². The second-order valence-electron chi connectivity index (χ2n) is 5.89. The standard InChI is InChI=1S/C18H13ClF3N3O2/c1-27-13-5-2-11(3-6-13)9-25-15-7-4-12(19)8-14(15)17(10-23,18(20,21)22)24-16(25)26/h2-8H,9H2,1H3,(H,24,26)/t17-/m0/s1. The van der Waals surface area contributed by atoms with Crippen LogP contribution in [0.15, 0.2) is 42.5 Å². The number of alkyl halides is 3. The van der Waals surface area contributed by atoms with Gasteiger partial charge in [0.25, 0.3) is 5.54 Å². The molecule has 2 aromatic carbocycles. The molecular formula is C18H13ClF3N3O2. The Morgan fingerprint density at radius 1 is 1.26 bits per heavy atom. The van der Waals surface area contributed by atoms with Crippen molar-refractivity contribution in [3.05, 3.63) is 58.6 Å². The van der Waals surface area contributed by atoms with Gasteiger partial charge in [-0.1, -0.05) is 23.7 Å². The van der Waals surface area contributed by atoms with Crippen molar-refractivity contribution in [1.29, 1.82) is 5.26 Å². The zero-order valence-corrected chi connectivity index (χ0v) is 14.7.